The van der Waals surface area contributed by atoms with Crippen LogP contribution >= 0.6 is 0 Å². The summed E-state index contributed by atoms with van der Waals surface area (Å²) in [5.41, 5.74) is 2.39. The molecule has 0 aliphatic heterocycles. The van der Waals surface area contributed by atoms with Crippen LogP contribution in [-0.2, 0) is 0 Å². The Hall–Kier alpha value is -3.15. The van der Waals surface area contributed by atoms with Gasteiger partial charge in [0, 0.05) is 18.3 Å². The molecule has 2 N–H and O–H groups in total. The van der Waals surface area contributed by atoms with E-state index in [0.717, 1.165) is 29.2 Å². The van der Waals surface area contributed by atoms with Crippen LogP contribution < -0.4 is 15.4 Å². The highest BCUT2D eigenvalue weighted by Gasteiger charge is 2.11. The number of methoxy groups -OCH3 is 1. The first-order valence-electron chi connectivity index (χ1n) is 8.66. The second-order valence-electron chi connectivity index (χ2n) is 5.96. The summed E-state index contributed by atoms with van der Waals surface area (Å²) in [6.07, 6.45) is 2.74. The quantitative estimate of drug-likeness (QED) is 0.654. The molecule has 6 heteroatoms. The molecule has 1 aromatic carbocycles. The fourth-order valence-electron chi connectivity index (χ4n) is 2.43. The Kier molecular flexibility index (Phi) is 5.63. The molecule has 6 nitrogen and oxygen atoms in total. The van der Waals surface area contributed by atoms with Gasteiger partial charge < -0.3 is 15.4 Å². The van der Waals surface area contributed by atoms with E-state index >= 15 is 0 Å². The predicted octanol–water partition coefficient (Wildman–Crippen LogP) is 4.50. The summed E-state index contributed by atoms with van der Waals surface area (Å²) in [5.74, 6) is 2.00. The molecular weight excluding hydrogens is 326 g/mol. The van der Waals surface area contributed by atoms with E-state index in [4.69, 9.17) is 4.74 Å². The van der Waals surface area contributed by atoms with Crippen LogP contribution in [-0.4, -0.2) is 28.1 Å². The first kappa shape index (κ1) is 17.7. The highest BCUT2D eigenvalue weighted by Crippen LogP contribution is 2.28. The first-order chi connectivity index (χ1) is 12.7. The summed E-state index contributed by atoms with van der Waals surface area (Å²) in [6.45, 7) is 4.22. The van der Waals surface area contributed by atoms with Crippen molar-refractivity contribution in [2.24, 2.45) is 0 Å². The topological polar surface area (TPSA) is 72.0 Å². The van der Waals surface area contributed by atoms with E-state index < -0.39 is 0 Å². The number of hydrogen-bond acceptors (Lipinski definition) is 6. The van der Waals surface area contributed by atoms with Crippen LogP contribution in [0.1, 0.15) is 20.3 Å². The van der Waals surface area contributed by atoms with Crippen molar-refractivity contribution in [1.29, 1.82) is 0 Å². The van der Waals surface area contributed by atoms with E-state index in [9.17, 15) is 0 Å². The van der Waals surface area contributed by atoms with E-state index in [0.29, 0.717) is 11.8 Å². The van der Waals surface area contributed by atoms with Crippen LogP contribution in [0, 0.1) is 0 Å². The van der Waals surface area contributed by atoms with Gasteiger partial charge in [-0.25, -0.2) is 4.98 Å². The number of hydrogen-bond donors (Lipinski definition) is 2. The average molecular weight is 349 g/mol. The monoisotopic (exact) mass is 349 g/mol. The van der Waals surface area contributed by atoms with Gasteiger partial charge in [-0.3, -0.25) is 4.98 Å². The van der Waals surface area contributed by atoms with Crippen molar-refractivity contribution in [2.45, 2.75) is 26.3 Å². The molecule has 0 spiro atoms. The van der Waals surface area contributed by atoms with E-state index in [1.54, 1.807) is 13.3 Å². The molecule has 0 aliphatic rings. The molecule has 3 rings (SSSR count). The van der Waals surface area contributed by atoms with Crippen molar-refractivity contribution in [3.63, 3.8) is 0 Å². The van der Waals surface area contributed by atoms with Crippen molar-refractivity contribution in [3.05, 3.63) is 54.7 Å². The summed E-state index contributed by atoms with van der Waals surface area (Å²) in [6, 6.07) is 15.6. The second kappa shape index (κ2) is 8.29. The SMILES string of the molecule is CC[C@@H](C)Nc1nc(Nc2ccccc2OC)cc(-c2ccccn2)n1. The Morgan fingerprint density at radius 1 is 1.04 bits per heavy atom. The third-order valence-electron chi connectivity index (χ3n) is 4.01. The highest BCUT2D eigenvalue weighted by atomic mass is 16.5. The van der Waals surface area contributed by atoms with Gasteiger partial charge in [0.2, 0.25) is 5.95 Å². The number of anilines is 3. The van der Waals surface area contributed by atoms with Gasteiger partial charge in [-0.15, -0.1) is 0 Å². The van der Waals surface area contributed by atoms with Gasteiger partial charge in [-0.1, -0.05) is 25.1 Å². The van der Waals surface area contributed by atoms with Gasteiger partial charge in [0.05, 0.1) is 24.2 Å². The summed E-state index contributed by atoms with van der Waals surface area (Å²) >= 11 is 0. The molecular formula is C20H23N5O. The van der Waals surface area contributed by atoms with Crippen LogP contribution in [0.4, 0.5) is 17.5 Å². The molecule has 1 atom stereocenters. The zero-order chi connectivity index (χ0) is 18.4. The molecule has 0 bridgehead atoms. The zero-order valence-corrected chi connectivity index (χ0v) is 15.2. The van der Waals surface area contributed by atoms with Crippen molar-refractivity contribution < 1.29 is 4.74 Å². The fraction of sp³-hybridized carbons (Fsp3) is 0.250. The summed E-state index contributed by atoms with van der Waals surface area (Å²) in [5, 5.41) is 6.66. The Labute approximate surface area is 153 Å². The number of benzene rings is 1. The highest BCUT2D eigenvalue weighted by molar-refractivity contribution is 5.68. The van der Waals surface area contributed by atoms with Gasteiger partial charge in [0.1, 0.15) is 11.6 Å². The largest absolute Gasteiger partial charge is 0.495 e. The maximum Gasteiger partial charge on any atom is 0.225 e. The van der Waals surface area contributed by atoms with Crippen LogP contribution in [0.25, 0.3) is 11.4 Å². The lowest BCUT2D eigenvalue weighted by Crippen LogP contribution is -2.16. The Bertz CT molecular complexity index is 854. The van der Waals surface area contributed by atoms with Crippen LogP contribution in [0.2, 0.25) is 0 Å². The first-order valence-corrected chi connectivity index (χ1v) is 8.66. The Balaban J connectivity index is 1.99. The minimum Gasteiger partial charge on any atom is -0.495 e. The molecule has 0 saturated carbocycles. The fourth-order valence-corrected chi connectivity index (χ4v) is 2.43. The lowest BCUT2D eigenvalue weighted by atomic mass is 10.2. The third-order valence-corrected chi connectivity index (χ3v) is 4.01. The smallest absolute Gasteiger partial charge is 0.225 e. The number of pyridine rings is 1. The second-order valence-corrected chi connectivity index (χ2v) is 5.96. The van der Waals surface area contributed by atoms with Crippen molar-refractivity contribution in [3.8, 4) is 17.1 Å². The van der Waals surface area contributed by atoms with Gasteiger partial charge in [-0.2, -0.15) is 4.98 Å². The number of aromatic nitrogens is 3. The van der Waals surface area contributed by atoms with E-state index in [2.05, 4.69) is 39.4 Å². The van der Waals surface area contributed by atoms with Gasteiger partial charge >= 0.3 is 0 Å². The molecule has 26 heavy (non-hydrogen) atoms. The number of nitrogens with one attached hydrogen (secondary N) is 2. The summed E-state index contributed by atoms with van der Waals surface area (Å²) in [7, 11) is 1.65. The number of nitrogens with zero attached hydrogens (tertiary/aromatic N) is 3. The molecule has 0 amide bonds. The Morgan fingerprint density at radius 3 is 2.58 bits per heavy atom. The third kappa shape index (κ3) is 4.27. The van der Waals surface area contributed by atoms with Gasteiger partial charge in [-0.05, 0) is 37.6 Å². The lowest BCUT2D eigenvalue weighted by molar-refractivity contribution is 0.417. The molecule has 3 aromatic rings. The minimum atomic E-state index is 0.271. The van der Waals surface area contributed by atoms with Crippen LogP contribution in [0.15, 0.2) is 54.7 Å². The van der Waals surface area contributed by atoms with Crippen molar-refractivity contribution >= 4 is 17.5 Å². The standard InChI is InChI=1S/C20H23N5O/c1-4-14(2)22-20-24-17(15-9-7-8-12-21-15)13-19(25-20)23-16-10-5-6-11-18(16)26-3/h5-14H,4H2,1-3H3,(H2,22,23,24,25)/t14-/m1/s1. The molecule has 0 saturated heterocycles. The molecule has 2 heterocycles. The number of ether oxygens (including phenoxy) is 1. The summed E-state index contributed by atoms with van der Waals surface area (Å²) < 4.78 is 5.41. The number of rotatable bonds is 7. The van der Waals surface area contributed by atoms with Gasteiger partial charge in [0.25, 0.3) is 0 Å². The molecule has 0 radical (unpaired) electrons. The zero-order valence-electron chi connectivity index (χ0n) is 15.2. The van der Waals surface area contributed by atoms with Crippen LogP contribution in [0.5, 0.6) is 5.75 Å². The van der Waals surface area contributed by atoms with E-state index in [1.807, 2.05) is 48.5 Å². The van der Waals surface area contributed by atoms with E-state index in [1.165, 1.54) is 0 Å². The average Bonchev–Trinajstić information content (AvgIpc) is 2.69. The van der Waals surface area contributed by atoms with Crippen LogP contribution in [0.3, 0.4) is 0 Å². The maximum absolute atomic E-state index is 5.41. The molecule has 0 unspecified atom stereocenters. The Morgan fingerprint density at radius 2 is 1.85 bits per heavy atom. The molecule has 0 aliphatic carbocycles. The lowest BCUT2D eigenvalue weighted by Gasteiger charge is -2.15. The van der Waals surface area contributed by atoms with Gasteiger partial charge in [0.15, 0.2) is 0 Å². The molecule has 0 fully saturated rings. The van der Waals surface area contributed by atoms with E-state index in [-0.39, 0.29) is 6.04 Å². The predicted molar refractivity (Wildman–Crippen MR) is 105 cm³/mol. The molecule has 134 valence electrons. The summed E-state index contributed by atoms with van der Waals surface area (Å²) in [4.78, 5) is 13.6. The maximum atomic E-state index is 5.41. The number of para-hydroxylation sites is 2. The van der Waals surface area contributed by atoms with Crippen molar-refractivity contribution in [2.75, 3.05) is 17.7 Å². The van der Waals surface area contributed by atoms with Crippen molar-refractivity contribution in [1.82, 2.24) is 15.0 Å². The molecule has 2 aromatic heterocycles. The minimum absolute atomic E-state index is 0.271. The normalized spacial score (nSPS) is 11.7.